The van der Waals surface area contributed by atoms with Gasteiger partial charge in [-0.2, -0.15) is 0 Å². The van der Waals surface area contributed by atoms with Gasteiger partial charge in [0.1, 0.15) is 6.33 Å². The highest BCUT2D eigenvalue weighted by atomic mass is 16.5. The summed E-state index contributed by atoms with van der Waals surface area (Å²) < 4.78 is 7.10. The first kappa shape index (κ1) is 15.6. The predicted molar refractivity (Wildman–Crippen MR) is 84.1 cm³/mol. The summed E-state index contributed by atoms with van der Waals surface area (Å²) in [6.45, 7) is 4.10. The first-order valence-electron chi connectivity index (χ1n) is 7.97. The Labute approximate surface area is 135 Å². The Balaban J connectivity index is 1.65. The van der Waals surface area contributed by atoms with Gasteiger partial charge in [-0.25, -0.2) is 4.68 Å². The quantitative estimate of drug-likeness (QED) is 0.830. The third-order valence-electron chi connectivity index (χ3n) is 4.08. The van der Waals surface area contributed by atoms with Crippen molar-refractivity contribution in [1.82, 2.24) is 25.1 Å². The Morgan fingerprint density at radius 1 is 1.35 bits per heavy atom. The van der Waals surface area contributed by atoms with Crippen LogP contribution in [0, 0.1) is 0 Å². The molecular formula is C16H21N5O2. The van der Waals surface area contributed by atoms with Crippen LogP contribution in [0.15, 0.2) is 30.6 Å². The van der Waals surface area contributed by atoms with E-state index in [4.69, 9.17) is 4.74 Å². The van der Waals surface area contributed by atoms with Crippen molar-refractivity contribution in [3.63, 3.8) is 0 Å². The van der Waals surface area contributed by atoms with E-state index in [0.717, 1.165) is 24.1 Å². The van der Waals surface area contributed by atoms with Crippen LogP contribution in [0.4, 0.5) is 0 Å². The first-order chi connectivity index (χ1) is 11.3. The molecule has 7 heteroatoms. The van der Waals surface area contributed by atoms with Crippen LogP contribution in [-0.2, 0) is 16.0 Å². The molecule has 23 heavy (non-hydrogen) atoms. The number of aromatic nitrogens is 4. The van der Waals surface area contributed by atoms with Gasteiger partial charge in [0, 0.05) is 6.54 Å². The molecule has 1 aromatic carbocycles. The molecule has 1 aliphatic heterocycles. The second-order valence-corrected chi connectivity index (χ2v) is 5.70. The van der Waals surface area contributed by atoms with Gasteiger partial charge < -0.3 is 9.64 Å². The zero-order valence-corrected chi connectivity index (χ0v) is 13.3. The molecule has 1 aromatic heterocycles. The number of benzene rings is 1. The van der Waals surface area contributed by atoms with Crippen LogP contribution < -0.4 is 0 Å². The molecule has 122 valence electrons. The van der Waals surface area contributed by atoms with Crippen molar-refractivity contribution < 1.29 is 9.53 Å². The van der Waals surface area contributed by atoms with Crippen LogP contribution in [0.5, 0.6) is 0 Å². The van der Waals surface area contributed by atoms with Crippen molar-refractivity contribution in [3.05, 3.63) is 36.2 Å². The zero-order valence-electron chi connectivity index (χ0n) is 13.3. The number of hydrogen-bond donors (Lipinski definition) is 0. The fraction of sp³-hybridized carbons (Fsp3) is 0.500. The molecule has 2 heterocycles. The molecule has 0 radical (unpaired) electrons. The number of nitrogens with zero attached hydrogens (tertiary/aromatic N) is 5. The number of tetrazole rings is 1. The normalized spacial score (nSPS) is 18.1. The van der Waals surface area contributed by atoms with Crippen LogP contribution in [0.25, 0.3) is 5.69 Å². The molecule has 0 aliphatic carbocycles. The van der Waals surface area contributed by atoms with Crippen molar-refractivity contribution in [2.45, 2.75) is 32.2 Å². The number of rotatable bonds is 5. The van der Waals surface area contributed by atoms with Gasteiger partial charge in [0.05, 0.1) is 31.4 Å². The second-order valence-electron chi connectivity index (χ2n) is 5.70. The smallest absolute Gasteiger partial charge is 0.227 e. The summed E-state index contributed by atoms with van der Waals surface area (Å²) in [5, 5.41) is 11.1. The van der Waals surface area contributed by atoms with Crippen LogP contribution in [0.3, 0.4) is 0 Å². The number of morpholine rings is 1. The number of carbonyl (C=O) groups is 1. The summed E-state index contributed by atoms with van der Waals surface area (Å²) in [4.78, 5) is 14.6. The van der Waals surface area contributed by atoms with Gasteiger partial charge in [0.2, 0.25) is 5.91 Å². The molecule has 3 rings (SSSR count). The molecule has 1 atom stereocenters. The van der Waals surface area contributed by atoms with Gasteiger partial charge in [0.15, 0.2) is 0 Å². The summed E-state index contributed by atoms with van der Waals surface area (Å²) in [6.07, 6.45) is 4.00. The Morgan fingerprint density at radius 2 is 2.17 bits per heavy atom. The summed E-state index contributed by atoms with van der Waals surface area (Å²) >= 11 is 0. The van der Waals surface area contributed by atoms with Gasteiger partial charge in [-0.15, -0.1) is 5.10 Å². The molecule has 2 aromatic rings. The predicted octanol–water partition coefficient (Wildman–Crippen LogP) is 1.23. The number of amides is 1. The van der Waals surface area contributed by atoms with Gasteiger partial charge in [-0.1, -0.05) is 25.5 Å². The van der Waals surface area contributed by atoms with Gasteiger partial charge >= 0.3 is 0 Å². The van der Waals surface area contributed by atoms with Crippen molar-refractivity contribution in [2.75, 3.05) is 19.8 Å². The van der Waals surface area contributed by atoms with Crippen LogP contribution in [0.2, 0.25) is 0 Å². The summed E-state index contributed by atoms with van der Waals surface area (Å²) in [7, 11) is 0. The monoisotopic (exact) mass is 315 g/mol. The third kappa shape index (κ3) is 3.73. The Morgan fingerprint density at radius 3 is 2.87 bits per heavy atom. The van der Waals surface area contributed by atoms with Crippen molar-refractivity contribution in [1.29, 1.82) is 0 Å². The Hall–Kier alpha value is -2.28. The SMILES string of the molecule is CCCC1COCCN1C(=O)Cc1ccc(-n2cnnn2)cc1. The molecule has 0 saturated carbocycles. The van der Waals surface area contributed by atoms with Crippen LogP contribution in [0.1, 0.15) is 25.3 Å². The largest absolute Gasteiger partial charge is 0.377 e. The molecule has 0 spiro atoms. The fourth-order valence-corrected chi connectivity index (χ4v) is 2.88. The average Bonchev–Trinajstić information content (AvgIpc) is 3.11. The van der Waals surface area contributed by atoms with E-state index in [9.17, 15) is 4.79 Å². The van der Waals surface area contributed by atoms with Crippen molar-refractivity contribution >= 4 is 5.91 Å². The summed E-state index contributed by atoms with van der Waals surface area (Å²) in [5.41, 5.74) is 1.87. The van der Waals surface area contributed by atoms with Crippen molar-refractivity contribution in [2.24, 2.45) is 0 Å². The standard InChI is InChI=1S/C16H21N5O2/c1-2-3-15-11-23-9-8-20(15)16(22)10-13-4-6-14(7-5-13)21-12-17-18-19-21/h4-7,12,15H,2-3,8-11H2,1H3. The molecule has 0 N–H and O–H groups in total. The van der Waals surface area contributed by atoms with Gasteiger partial charge in [-0.05, 0) is 34.5 Å². The molecule has 1 amide bonds. The lowest BCUT2D eigenvalue weighted by atomic mass is 10.1. The van der Waals surface area contributed by atoms with Gasteiger partial charge in [-0.3, -0.25) is 4.79 Å². The number of carbonyl (C=O) groups excluding carboxylic acids is 1. The molecule has 1 aliphatic rings. The lowest BCUT2D eigenvalue weighted by Crippen LogP contribution is -2.49. The highest BCUT2D eigenvalue weighted by Gasteiger charge is 2.26. The maximum atomic E-state index is 12.6. The summed E-state index contributed by atoms with van der Waals surface area (Å²) in [6, 6.07) is 7.94. The maximum Gasteiger partial charge on any atom is 0.227 e. The van der Waals surface area contributed by atoms with E-state index in [1.165, 1.54) is 0 Å². The van der Waals surface area contributed by atoms with E-state index >= 15 is 0 Å². The maximum absolute atomic E-state index is 12.6. The minimum atomic E-state index is 0.168. The average molecular weight is 315 g/mol. The van der Waals surface area contributed by atoms with E-state index in [1.807, 2.05) is 29.2 Å². The second kappa shape index (κ2) is 7.32. The topological polar surface area (TPSA) is 73.1 Å². The van der Waals surface area contributed by atoms with E-state index in [1.54, 1.807) is 11.0 Å². The van der Waals surface area contributed by atoms with E-state index in [-0.39, 0.29) is 11.9 Å². The van der Waals surface area contributed by atoms with E-state index < -0.39 is 0 Å². The molecule has 7 nitrogen and oxygen atoms in total. The molecule has 1 fully saturated rings. The van der Waals surface area contributed by atoms with Crippen LogP contribution in [-0.4, -0.2) is 56.8 Å². The minimum Gasteiger partial charge on any atom is -0.377 e. The Bertz CT molecular complexity index is 624. The highest BCUT2D eigenvalue weighted by Crippen LogP contribution is 2.15. The first-order valence-corrected chi connectivity index (χ1v) is 7.97. The lowest BCUT2D eigenvalue weighted by Gasteiger charge is -2.35. The molecule has 0 bridgehead atoms. The third-order valence-corrected chi connectivity index (χ3v) is 4.08. The number of ether oxygens (including phenoxy) is 1. The van der Waals surface area contributed by atoms with Gasteiger partial charge in [0.25, 0.3) is 0 Å². The minimum absolute atomic E-state index is 0.168. The fourth-order valence-electron chi connectivity index (χ4n) is 2.88. The van der Waals surface area contributed by atoms with Crippen molar-refractivity contribution in [3.8, 4) is 5.69 Å². The number of hydrogen-bond acceptors (Lipinski definition) is 5. The highest BCUT2D eigenvalue weighted by molar-refractivity contribution is 5.79. The zero-order chi connectivity index (χ0) is 16.1. The molecular weight excluding hydrogens is 294 g/mol. The van der Waals surface area contributed by atoms with E-state index in [0.29, 0.717) is 26.2 Å². The summed E-state index contributed by atoms with van der Waals surface area (Å²) in [5.74, 6) is 0.168. The van der Waals surface area contributed by atoms with Crippen LogP contribution >= 0.6 is 0 Å². The van der Waals surface area contributed by atoms with E-state index in [2.05, 4.69) is 22.4 Å². The molecule has 1 saturated heterocycles. The molecule has 1 unspecified atom stereocenters. The lowest BCUT2D eigenvalue weighted by molar-refractivity contribution is -0.139. The Kier molecular flexibility index (Phi) is 4.97.